The molecule has 4 rings (SSSR count). The van der Waals surface area contributed by atoms with E-state index in [0.29, 0.717) is 17.9 Å². The minimum Gasteiger partial charge on any atom is -0.457 e. The van der Waals surface area contributed by atoms with Crippen molar-refractivity contribution in [1.29, 1.82) is 0 Å². The van der Waals surface area contributed by atoms with Crippen molar-refractivity contribution >= 4 is 28.3 Å². The Kier molecular flexibility index (Phi) is 7.31. The minimum absolute atomic E-state index is 0.0310. The lowest BCUT2D eigenvalue weighted by Gasteiger charge is -2.22. The SMILES string of the molecule is CC(C)[C@H](Nc1cc(CNC(=O)c2ccc(Oc3ccccc3)cc2)cc2ccccc12)C(N)=O. The molecule has 6 nitrogen and oxygen atoms in total. The van der Waals surface area contributed by atoms with E-state index in [-0.39, 0.29) is 11.8 Å². The van der Waals surface area contributed by atoms with Crippen molar-refractivity contribution < 1.29 is 14.3 Å². The number of nitrogens with two attached hydrogens (primary N) is 1. The molecule has 0 aromatic heterocycles. The van der Waals surface area contributed by atoms with Gasteiger partial charge in [0.1, 0.15) is 17.5 Å². The van der Waals surface area contributed by atoms with Crippen molar-refractivity contribution in [2.45, 2.75) is 26.4 Å². The van der Waals surface area contributed by atoms with Gasteiger partial charge in [-0.3, -0.25) is 9.59 Å². The molecule has 0 fully saturated rings. The summed E-state index contributed by atoms with van der Waals surface area (Å²) in [6.45, 7) is 4.24. The van der Waals surface area contributed by atoms with Crippen molar-refractivity contribution in [2.75, 3.05) is 5.32 Å². The number of carbonyl (C=O) groups excluding carboxylic acids is 2. The second-order valence-corrected chi connectivity index (χ2v) is 8.76. The highest BCUT2D eigenvalue weighted by atomic mass is 16.5. The van der Waals surface area contributed by atoms with E-state index < -0.39 is 11.9 Å². The molecule has 0 saturated carbocycles. The predicted octanol–water partition coefficient (Wildman–Crippen LogP) is 5.48. The highest BCUT2D eigenvalue weighted by Crippen LogP contribution is 2.27. The zero-order valence-electron chi connectivity index (χ0n) is 19.8. The van der Waals surface area contributed by atoms with E-state index in [1.54, 1.807) is 24.3 Å². The van der Waals surface area contributed by atoms with Crippen LogP contribution in [0.15, 0.2) is 91.0 Å². The fourth-order valence-electron chi connectivity index (χ4n) is 3.91. The van der Waals surface area contributed by atoms with Crippen LogP contribution in [0.1, 0.15) is 29.8 Å². The molecule has 4 aromatic carbocycles. The first-order valence-electron chi connectivity index (χ1n) is 11.6. The first kappa shape index (κ1) is 23.8. The topological polar surface area (TPSA) is 93.4 Å². The van der Waals surface area contributed by atoms with Gasteiger partial charge in [-0.2, -0.15) is 0 Å². The van der Waals surface area contributed by atoms with Crippen LogP contribution >= 0.6 is 0 Å². The van der Waals surface area contributed by atoms with Crippen LogP contribution in [0.25, 0.3) is 10.8 Å². The molecule has 0 unspecified atom stereocenters. The van der Waals surface area contributed by atoms with Gasteiger partial charge in [-0.15, -0.1) is 0 Å². The zero-order valence-corrected chi connectivity index (χ0v) is 19.8. The number of fused-ring (bicyclic) bond motifs is 1. The predicted molar refractivity (Wildman–Crippen MR) is 140 cm³/mol. The lowest BCUT2D eigenvalue weighted by molar-refractivity contribution is -0.119. The molecular weight excluding hydrogens is 438 g/mol. The number of ether oxygens (including phenoxy) is 1. The molecule has 35 heavy (non-hydrogen) atoms. The number of primary amides is 1. The molecule has 6 heteroatoms. The molecule has 0 heterocycles. The van der Waals surface area contributed by atoms with Crippen LogP contribution in [-0.4, -0.2) is 17.9 Å². The Morgan fingerprint density at radius 3 is 2.20 bits per heavy atom. The number of hydrogen-bond acceptors (Lipinski definition) is 4. The number of hydrogen-bond donors (Lipinski definition) is 3. The average molecular weight is 468 g/mol. The van der Waals surface area contributed by atoms with E-state index >= 15 is 0 Å². The number of nitrogens with one attached hydrogen (secondary N) is 2. The van der Waals surface area contributed by atoms with Crippen LogP contribution in [0.4, 0.5) is 5.69 Å². The second-order valence-electron chi connectivity index (χ2n) is 8.76. The lowest BCUT2D eigenvalue weighted by Crippen LogP contribution is -2.39. The fourth-order valence-corrected chi connectivity index (χ4v) is 3.91. The van der Waals surface area contributed by atoms with Crippen molar-refractivity contribution in [3.05, 3.63) is 102 Å². The Morgan fingerprint density at radius 1 is 0.857 bits per heavy atom. The van der Waals surface area contributed by atoms with E-state index in [9.17, 15) is 9.59 Å². The summed E-state index contributed by atoms with van der Waals surface area (Å²) in [7, 11) is 0. The lowest BCUT2D eigenvalue weighted by atomic mass is 10.0. The van der Waals surface area contributed by atoms with Gasteiger partial charge in [-0.1, -0.05) is 56.3 Å². The second kappa shape index (κ2) is 10.7. The van der Waals surface area contributed by atoms with Gasteiger partial charge in [0.05, 0.1) is 0 Å². The summed E-state index contributed by atoms with van der Waals surface area (Å²) < 4.78 is 5.79. The summed E-state index contributed by atoms with van der Waals surface area (Å²) in [6, 6.07) is 27.9. The van der Waals surface area contributed by atoms with Crippen LogP contribution in [0.2, 0.25) is 0 Å². The maximum absolute atomic E-state index is 12.8. The van der Waals surface area contributed by atoms with E-state index in [1.807, 2.05) is 80.6 Å². The molecule has 2 amide bonds. The highest BCUT2D eigenvalue weighted by Gasteiger charge is 2.20. The van der Waals surface area contributed by atoms with Gasteiger partial charge in [0.2, 0.25) is 5.91 Å². The summed E-state index contributed by atoms with van der Waals surface area (Å²) >= 11 is 0. The molecule has 0 aliphatic rings. The number of carbonyl (C=O) groups is 2. The fraction of sp³-hybridized carbons (Fsp3) is 0.172. The molecule has 1 atom stereocenters. The Morgan fingerprint density at radius 2 is 1.51 bits per heavy atom. The molecule has 0 bridgehead atoms. The van der Waals surface area contributed by atoms with Crippen LogP contribution in [-0.2, 0) is 11.3 Å². The molecule has 0 spiro atoms. The van der Waals surface area contributed by atoms with Crippen molar-refractivity contribution in [2.24, 2.45) is 11.7 Å². The number of amides is 2. The maximum Gasteiger partial charge on any atom is 0.251 e. The third-order valence-electron chi connectivity index (χ3n) is 5.75. The van der Waals surface area contributed by atoms with Crippen molar-refractivity contribution in [3.63, 3.8) is 0 Å². The van der Waals surface area contributed by atoms with E-state index in [4.69, 9.17) is 10.5 Å². The first-order chi connectivity index (χ1) is 16.9. The Hall–Kier alpha value is -4.32. The van der Waals surface area contributed by atoms with E-state index in [1.165, 1.54) is 0 Å². The molecule has 0 radical (unpaired) electrons. The third-order valence-corrected chi connectivity index (χ3v) is 5.75. The first-order valence-corrected chi connectivity index (χ1v) is 11.6. The van der Waals surface area contributed by atoms with Crippen molar-refractivity contribution in [3.8, 4) is 11.5 Å². The summed E-state index contributed by atoms with van der Waals surface area (Å²) in [5.74, 6) is 0.843. The van der Waals surface area contributed by atoms with Gasteiger partial charge >= 0.3 is 0 Å². The maximum atomic E-state index is 12.8. The number of benzene rings is 4. The van der Waals surface area contributed by atoms with Crippen LogP contribution in [0.3, 0.4) is 0 Å². The Balaban J connectivity index is 1.47. The molecule has 0 saturated heterocycles. The van der Waals surface area contributed by atoms with E-state index in [0.717, 1.165) is 27.8 Å². The zero-order chi connectivity index (χ0) is 24.8. The van der Waals surface area contributed by atoms with Crippen LogP contribution in [0.5, 0.6) is 11.5 Å². The van der Waals surface area contributed by atoms with Gasteiger partial charge in [0, 0.05) is 23.2 Å². The number of anilines is 1. The molecule has 178 valence electrons. The third kappa shape index (κ3) is 5.98. The van der Waals surface area contributed by atoms with Gasteiger partial charge in [-0.25, -0.2) is 0 Å². The molecular formula is C29H29N3O3. The summed E-state index contributed by atoms with van der Waals surface area (Å²) in [4.78, 5) is 24.7. The quantitative estimate of drug-likeness (QED) is 0.304. The van der Waals surface area contributed by atoms with Gasteiger partial charge in [0.15, 0.2) is 0 Å². The Bertz CT molecular complexity index is 1320. The highest BCUT2D eigenvalue weighted by molar-refractivity contribution is 5.97. The van der Waals surface area contributed by atoms with Crippen LogP contribution in [0, 0.1) is 5.92 Å². The summed E-state index contributed by atoms with van der Waals surface area (Å²) in [5, 5.41) is 8.28. The monoisotopic (exact) mass is 467 g/mol. The molecule has 0 aliphatic heterocycles. The Labute approximate surface area is 205 Å². The largest absolute Gasteiger partial charge is 0.457 e. The smallest absolute Gasteiger partial charge is 0.251 e. The average Bonchev–Trinajstić information content (AvgIpc) is 2.86. The molecule has 4 aromatic rings. The standard InChI is InChI=1S/C29H29N3O3/c1-19(2)27(28(30)33)32-26-17-20(16-22-8-6-7-11-25(22)26)18-31-29(34)21-12-14-24(15-13-21)35-23-9-4-3-5-10-23/h3-17,19,27,32H,18H2,1-2H3,(H2,30,33)(H,31,34)/t27-/m0/s1. The number of rotatable bonds is 9. The van der Waals surface area contributed by atoms with Gasteiger partial charge in [0.25, 0.3) is 5.91 Å². The molecule has 0 aliphatic carbocycles. The van der Waals surface area contributed by atoms with Gasteiger partial charge < -0.3 is 21.1 Å². The van der Waals surface area contributed by atoms with E-state index in [2.05, 4.69) is 10.6 Å². The normalized spacial score (nSPS) is 11.7. The summed E-state index contributed by atoms with van der Waals surface area (Å²) in [6.07, 6.45) is 0. The number of para-hydroxylation sites is 1. The van der Waals surface area contributed by atoms with Crippen LogP contribution < -0.4 is 21.1 Å². The van der Waals surface area contributed by atoms with Gasteiger partial charge in [-0.05, 0) is 65.4 Å². The molecule has 4 N–H and O–H groups in total. The summed E-state index contributed by atoms with van der Waals surface area (Å²) in [5.41, 5.74) is 7.88. The van der Waals surface area contributed by atoms with Crippen molar-refractivity contribution in [1.82, 2.24) is 5.32 Å². The minimum atomic E-state index is -0.500.